The van der Waals surface area contributed by atoms with Crippen molar-refractivity contribution >= 4 is 57.6 Å². The molecule has 2 aromatic carbocycles. The van der Waals surface area contributed by atoms with Crippen LogP contribution in [0.2, 0.25) is 5.02 Å². The van der Waals surface area contributed by atoms with Gasteiger partial charge < -0.3 is 5.32 Å². The third kappa shape index (κ3) is 3.80. The number of hydrogen-bond donors (Lipinski definition) is 1. The van der Waals surface area contributed by atoms with E-state index in [4.69, 9.17) is 23.8 Å². The number of carbonyl (C=O) groups excluding carboxylic acids is 1. The average Bonchev–Trinajstić information content (AvgIpc) is 3.08. The van der Waals surface area contributed by atoms with E-state index >= 15 is 0 Å². The van der Waals surface area contributed by atoms with Crippen LogP contribution in [-0.4, -0.2) is 21.4 Å². The van der Waals surface area contributed by atoms with Gasteiger partial charge in [-0.2, -0.15) is 0 Å². The van der Waals surface area contributed by atoms with Crippen molar-refractivity contribution in [1.82, 2.24) is 14.3 Å². The highest BCUT2D eigenvalue weighted by Crippen LogP contribution is 2.34. The number of unbranched alkanes of at least 4 members (excludes halogenated alkanes) is 1. The highest BCUT2D eigenvalue weighted by molar-refractivity contribution is 7.73. The molecule has 0 spiro atoms. The highest BCUT2D eigenvalue weighted by atomic mass is 35.5. The maximum Gasteiger partial charge on any atom is 0.262 e. The fourth-order valence-electron chi connectivity index (χ4n) is 3.48. The molecule has 30 heavy (non-hydrogen) atoms. The quantitative estimate of drug-likeness (QED) is 0.316. The summed E-state index contributed by atoms with van der Waals surface area (Å²) in [6, 6.07) is 14.8. The van der Waals surface area contributed by atoms with Gasteiger partial charge in [-0.1, -0.05) is 49.2 Å². The highest BCUT2D eigenvalue weighted by Gasteiger charge is 2.19. The molecule has 0 fully saturated rings. The summed E-state index contributed by atoms with van der Waals surface area (Å²) in [7, 11) is 0. The molecule has 0 aliphatic carbocycles. The van der Waals surface area contributed by atoms with Gasteiger partial charge in [0.25, 0.3) is 5.56 Å². The first-order chi connectivity index (χ1) is 14.5. The SMILES string of the molecule is CCCCNC(=O)Cn1c(=O)c2ccccc2n2c(=S)sc(-c3cccc(Cl)c3)c12. The second-order valence-corrected chi connectivity index (χ2v) is 9.06. The Morgan fingerprint density at radius 3 is 2.77 bits per heavy atom. The van der Waals surface area contributed by atoms with Gasteiger partial charge in [0.15, 0.2) is 3.95 Å². The standard InChI is InChI=1S/C22H20ClN3O2S2/c1-2-3-11-24-18(27)13-25-20-19(14-7-6-8-15(23)12-14)30-22(29)26(20)17-10-5-4-9-16(17)21(25)28/h4-10,12H,2-3,11,13H2,1H3,(H,24,27). The molecule has 0 bridgehead atoms. The van der Waals surface area contributed by atoms with E-state index in [1.807, 2.05) is 40.8 Å². The van der Waals surface area contributed by atoms with Crippen LogP contribution in [0.4, 0.5) is 0 Å². The molecule has 5 nitrogen and oxygen atoms in total. The molecule has 1 N–H and O–H groups in total. The number of carbonyl (C=O) groups is 1. The molecule has 0 aliphatic rings. The Balaban J connectivity index is 2.00. The first-order valence-electron chi connectivity index (χ1n) is 9.71. The second kappa shape index (κ2) is 8.71. The largest absolute Gasteiger partial charge is 0.355 e. The number of halogens is 1. The molecular weight excluding hydrogens is 438 g/mol. The number of benzene rings is 2. The molecule has 4 aromatic rings. The van der Waals surface area contributed by atoms with E-state index in [-0.39, 0.29) is 18.0 Å². The minimum Gasteiger partial charge on any atom is -0.355 e. The van der Waals surface area contributed by atoms with Crippen molar-refractivity contribution in [2.45, 2.75) is 26.3 Å². The third-order valence-electron chi connectivity index (χ3n) is 4.90. The number of nitrogens with one attached hydrogen (secondary N) is 1. The van der Waals surface area contributed by atoms with E-state index < -0.39 is 0 Å². The van der Waals surface area contributed by atoms with Crippen LogP contribution in [0.25, 0.3) is 27.0 Å². The van der Waals surface area contributed by atoms with E-state index in [0.717, 1.165) is 28.8 Å². The fraction of sp³-hybridized carbons (Fsp3) is 0.227. The molecule has 0 atom stereocenters. The number of aromatic nitrogens is 2. The van der Waals surface area contributed by atoms with Gasteiger partial charge in [0.1, 0.15) is 12.2 Å². The fourth-order valence-corrected chi connectivity index (χ4v) is 5.10. The zero-order valence-electron chi connectivity index (χ0n) is 16.4. The number of amides is 1. The lowest BCUT2D eigenvalue weighted by molar-refractivity contribution is -0.121. The van der Waals surface area contributed by atoms with Crippen molar-refractivity contribution in [3.05, 3.63) is 67.9 Å². The van der Waals surface area contributed by atoms with Gasteiger partial charge in [-0.05, 0) is 48.5 Å². The zero-order valence-corrected chi connectivity index (χ0v) is 18.7. The number of nitrogens with zero attached hydrogens (tertiary/aromatic N) is 2. The summed E-state index contributed by atoms with van der Waals surface area (Å²) in [6.07, 6.45) is 1.88. The van der Waals surface area contributed by atoms with Crippen molar-refractivity contribution in [3.8, 4) is 10.4 Å². The van der Waals surface area contributed by atoms with Crippen molar-refractivity contribution in [1.29, 1.82) is 0 Å². The van der Waals surface area contributed by atoms with Crippen LogP contribution in [0.3, 0.4) is 0 Å². The predicted molar refractivity (Wildman–Crippen MR) is 126 cm³/mol. The van der Waals surface area contributed by atoms with Gasteiger partial charge in [0, 0.05) is 11.6 Å². The average molecular weight is 458 g/mol. The zero-order chi connectivity index (χ0) is 21.3. The third-order valence-corrected chi connectivity index (χ3v) is 6.55. The van der Waals surface area contributed by atoms with Crippen molar-refractivity contribution in [3.63, 3.8) is 0 Å². The second-order valence-electron chi connectivity index (χ2n) is 6.98. The van der Waals surface area contributed by atoms with Crippen LogP contribution in [0, 0.1) is 3.95 Å². The monoisotopic (exact) mass is 457 g/mol. The minimum atomic E-state index is -0.215. The Morgan fingerprint density at radius 1 is 1.20 bits per heavy atom. The molecule has 0 saturated heterocycles. The summed E-state index contributed by atoms with van der Waals surface area (Å²) >= 11 is 13.3. The van der Waals surface area contributed by atoms with Crippen molar-refractivity contribution in [2.24, 2.45) is 0 Å². The lowest BCUT2D eigenvalue weighted by Gasteiger charge is -2.13. The summed E-state index contributed by atoms with van der Waals surface area (Å²) < 4.78 is 4.01. The van der Waals surface area contributed by atoms with Crippen LogP contribution >= 0.6 is 35.2 Å². The summed E-state index contributed by atoms with van der Waals surface area (Å²) in [5.74, 6) is -0.197. The van der Waals surface area contributed by atoms with Crippen LogP contribution in [-0.2, 0) is 11.3 Å². The van der Waals surface area contributed by atoms with Gasteiger partial charge in [0.05, 0.1) is 15.8 Å². The molecule has 1 amide bonds. The minimum absolute atomic E-state index is 0.0735. The van der Waals surface area contributed by atoms with Crippen molar-refractivity contribution < 1.29 is 4.79 Å². The lowest BCUT2D eigenvalue weighted by Crippen LogP contribution is -2.33. The Morgan fingerprint density at radius 2 is 2.00 bits per heavy atom. The molecule has 0 unspecified atom stereocenters. The van der Waals surface area contributed by atoms with E-state index in [1.54, 1.807) is 12.1 Å². The maximum atomic E-state index is 13.4. The number of thiazole rings is 1. The normalized spacial score (nSPS) is 11.3. The molecule has 8 heteroatoms. The Bertz CT molecular complexity index is 1370. The van der Waals surface area contributed by atoms with Gasteiger partial charge in [-0.25, -0.2) is 0 Å². The molecule has 0 saturated carbocycles. The first kappa shape index (κ1) is 20.8. The molecule has 2 heterocycles. The molecule has 0 aliphatic heterocycles. The number of hydrogen-bond acceptors (Lipinski definition) is 4. The summed E-state index contributed by atoms with van der Waals surface area (Å²) in [6.45, 7) is 2.58. The Kier molecular flexibility index (Phi) is 6.04. The number of rotatable bonds is 6. The van der Waals surface area contributed by atoms with Crippen LogP contribution < -0.4 is 10.9 Å². The molecule has 4 rings (SSSR count). The Labute approximate surface area is 187 Å². The van der Waals surface area contributed by atoms with E-state index in [1.165, 1.54) is 15.9 Å². The lowest BCUT2D eigenvalue weighted by atomic mass is 10.2. The summed E-state index contributed by atoms with van der Waals surface area (Å²) in [5, 5.41) is 4.02. The molecule has 0 radical (unpaired) electrons. The van der Waals surface area contributed by atoms with Gasteiger partial charge in [-0.3, -0.25) is 18.6 Å². The van der Waals surface area contributed by atoms with Crippen LogP contribution in [0.15, 0.2) is 53.3 Å². The van der Waals surface area contributed by atoms with E-state index in [0.29, 0.717) is 26.6 Å². The molecule has 154 valence electrons. The van der Waals surface area contributed by atoms with Gasteiger partial charge in [0.2, 0.25) is 5.91 Å². The first-order valence-corrected chi connectivity index (χ1v) is 11.3. The van der Waals surface area contributed by atoms with Crippen LogP contribution in [0.5, 0.6) is 0 Å². The van der Waals surface area contributed by atoms with Gasteiger partial charge >= 0.3 is 0 Å². The topological polar surface area (TPSA) is 55.5 Å². The summed E-state index contributed by atoms with van der Waals surface area (Å²) in [5.41, 5.74) is 1.99. The summed E-state index contributed by atoms with van der Waals surface area (Å²) in [4.78, 5) is 26.8. The number of para-hydroxylation sites is 1. The van der Waals surface area contributed by atoms with Gasteiger partial charge in [-0.15, -0.1) is 11.3 Å². The van der Waals surface area contributed by atoms with E-state index in [2.05, 4.69) is 12.2 Å². The van der Waals surface area contributed by atoms with E-state index in [9.17, 15) is 9.59 Å². The number of fused-ring (bicyclic) bond motifs is 3. The maximum absolute atomic E-state index is 13.4. The smallest absolute Gasteiger partial charge is 0.262 e. The predicted octanol–water partition coefficient (Wildman–Crippen LogP) is 5.28. The molecular formula is C22H20ClN3O2S2. The Hall–Kier alpha value is -2.48. The van der Waals surface area contributed by atoms with Crippen molar-refractivity contribution in [2.75, 3.05) is 6.54 Å². The van der Waals surface area contributed by atoms with Crippen LogP contribution in [0.1, 0.15) is 19.8 Å². The molecule has 2 aromatic heterocycles.